The third-order valence-corrected chi connectivity index (χ3v) is 11.6. The third-order valence-electron chi connectivity index (χ3n) is 10.9. The Labute approximate surface area is 285 Å². The summed E-state index contributed by atoms with van der Waals surface area (Å²) in [5.41, 5.74) is 8.96. The number of nitrogens with two attached hydrogens (primary N) is 1. The molecule has 3 atom stereocenters. The predicted octanol–water partition coefficient (Wildman–Crippen LogP) is 4.72. The molecule has 0 aliphatic carbocycles. The van der Waals surface area contributed by atoms with E-state index in [-0.39, 0.29) is 35.8 Å². The number of nitrogens with zero attached hydrogens (tertiary/aromatic N) is 4. The Hall–Kier alpha value is -3.35. The van der Waals surface area contributed by atoms with Crippen molar-refractivity contribution in [1.82, 2.24) is 19.6 Å². The SMILES string of the molecule is CC1(N)CCN(C2CCN(C(=O)C(Cc3ccc(O)c(Br)c3)[C@H]3CC(N4CCc5ccccc5NC4=O)CCN3C(=O)O)CC2)CC1. The molecule has 2 aromatic carbocycles. The number of carbonyl (C=O) groups is 3. The van der Waals surface area contributed by atoms with Crippen molar-refractivity contribution < 1.29 is 24.6 Å². The number of piperidine rings is 3. The van der Waals surface area contributed by atoms with E-state index in [1.165, 1.54) is 4.90 Å². The highest BCUT2D eigenvalue weighted by atomic mass is 79.9. The maximum absolute atomic E-state index is 14.6. The van der Waals surface area contributed by atoms with E-state index in [1.807, 2.05) is 34.1 Å². The van der Waals surface area contributed by atoms with Crippen LogP contribution in [0.3, 0.4) is 0 Å². The fraction of sp³-hybridized carbons (Fsp3) is 0.571. The minimum absolute atomic E-state index is 0.0505. The average molecular weight is 712 g/mol. The van der Waals surface area contributed by atoms with Crippen LogP contribution < -0.4 is 11.1 Å². The van der Waals surface area contributed by atoms with Crippen LogP contribution in [0.4, 0.5) is 15.3 Å². The maximum atomic E-state index is 14.6. The van der Waals surface area contributed by atoms with Gasteiger partial charge in [0.15, 0.2) is 0 Å². The summed E-state index contributed by atoms with van der Waals surface area (Å²) >= 11 is 3.41. The molecule has 0 aromatic heterocycles. The number of amides is 4. The first-order valence-electron chi connectivity index (χ1n) is 16.9. The summed E-state index contributed by atoms with van der Waals surface area (Å²) in [5.74, 6) is -0.600. The number of phenols is 1. The highest BCUT2D eigenvalue weighted by Crippen LogP contribution is 2.34. The number of fused-ring (bicyclic) bond motifs is 1. The summed E-state index contributed by atoms with van der Waals surface area (Å²) in [7, 11) is 0. The van der Waals surface area contributed by atoms with E-state index in [2.05, 4.69) is 33.1 Å². The largest absolute Gasteiger partial charge is 0.507 e. The molecule has 11 nitrogen and oxygen atoms in total. The lowest BCUT2D eigenvalue weighted by atomic mass is 9.82. The molecule has 3 saturated heterocycles. The second-order valence-electron chi connectivity index (χ2n) is 14.1. The second kappa shape index (κ2) is 14.0. The van der Waals surface area contributed by atoms with Crippen LogP contribution in [-0.4, -0.2) is 111 Å². The van der Waals surface area contributed by atoms with Gasteiger partial charge in [-0.3, -0.25) is 4.79 Å². The number of rotatable bonds is 6. The van der Waals surface area contributed by atoms with Gasteiger partial charge in [-0.05, 0) is 104 Å². The summed E-state index contributed by atoms with van der Waals surface area (Å²) in [5, 5.41) is 23.6. The van der Waals surface area contributed by atoms with Crippen molar-refractivity contribution in [3.05, 3.63) is 58.1 Å². The lowest BCUT2D eigenvalue weighted by Crippen LogP contribution is -2.59. The molecule has 4 amide bonds. The molecular weight excluding hydrogens is 664 g/mol. The summed E-state index contributed by atoms with van der Waals surface area (Å²) in [6.07, 6.45) is 4.49. The Morgan fingerprint density at radius 2 is 1.72 bits per heavy atom. The minimum Gasteiger partial charge on any atom is -0.507 e. The number of hydrogen-bond donors (Lipinski definition) is 4. The molecule has 6 rings (SSSR count). The van der Waals surface area contributed by atoms with E-state index in [0.29, 0.717) is 55.8 Å². The summed E-state index contributed by atoms with van der Waals surface area (Å²) in [4.78, 5) is 48.4. The molecule has 5 N–H and O–H groups in total. The molecule has 4 heterocycles. The molecule has 254 valence electrons. The van der Waals surface area contributed by atoms with Crippen LogP contribution in [0.2, 0.25) is 0 Å². The zero-order chi connectivity index (χ0) is 33.3. The minimum atomic E-state index is -1.05. The lowest BCUT2D eigenvalue weighted by Gasteiger charge is -2.47. The average Bonchev–Trinajstić information content (AvgIpc) is 3.22. The Morgan fingerprint density at radius 3 is 2.43 bits per heavy atom. The quantitative estimate of drug-likeness (QED) is 0.340. The number of hydrogen-bond acceptors (Lipinski definition) is 6. The van der Waals surface area contributed by atoms with E-state index in [4.69, 9.17) is 5.73 Å². The van der Waals surface area contributed by atoms with Crippen molar-refractivity contribution in [3.63, 3.8) is 0 Å². The van der Waals surface area contributed by atoms with Crippen molar-refractivity contribution in [2.24, 2.45) is 11.7 Å². The zero-order valence-corrected chi connectivity index (χ0v) is 28.7. The van der Waals surface area contributed by atoms with E-state index >= 15 is 0 Å². The maximum Gasteiger partial charge on any atom is 0.407 e. The number of carbonyl (C=O) groups excluding carboxylic acids is 2. The highest BCUT2D eigenvalue weighted by molar-refractivity contribution is 9.10. The van der Waals surface area contributed by atoms with Gasteiger partial charge < -0.3 is 40.9 Å². The van der Waals surface area contributed by atoms with E-state index in [9.17, 15) is 24.6 Å². The Morgan fingerprint density at radius 1 is 1.02 bits per heavy atom. The smallest absolute Gasteiger partial charge is 0.407 e. The first kappa shape index (κ1) is 33.5. The summed E-state index contributed by atoms with van der Waals surface area (Å²) in [6, 6.07) is 12.3. The molecule has 0 saturated carbocycles. The number of aromatic hydroxyl groups is 1. The molecule has 0 radical (unpaired) electrons. The molecule has 47 heavy (non-hydrogen) atoms. The van der Waals surface area contributed by atoms with Gasteiger partial charge in [0.2, 0.25) is 5.91 Å². The lowest BCUT2D eigenvalue weighted by molar-refractivity contribution is -0.140. The number of nitrogens with one attached hydrogen (secondary N) is 1. The zero-order valence-electron chi connectivity index (χ0n) is 27.1. The first-order chi connectivity index (χ1) is 22.5. The van der Waals surface area contributed by atoms with Crippen LogP contribution in [0, 0.1) is 5.92 Å². The van der Waals surface area contributed by atoms with Gasteiger partial charge >= 0.3 is 12.1 Å². The van der Waals surface area contributed by atoms with Crippen LogP contribution in [0.15, 0.2) is 46.9 Å². The van der Waals surface area contributed by atoms with Crippen LogP contribution >= 0.6 is 15.9 Å². The van der Waals surface area contributed by atoms with E-state index in [0.717, 1.165) is 55.6 Å². The van der Waals surface area contributed by atoms with Crippen LogP contribution in [0.1, 0.15) is 56.6 Å². The number of phenolic OH excluding ortho intramolecular Hbond substituents is 1. The molecule has 2 unspecified atom stereocenters. The van der Waals surface area contributed by atoms with Gasteiger partial charge in [0.25, 0.3) is 0 Å². The van der Waals surface area contributed by atoms with Crippen LogP contribution in [0.25, 0.3) is 0 Å². The molecular formula is C35H47BrN6O5. The van der Waals surface area contributed by atoms with Crippen molar-refractivity contribution in [2.45, 2.75) is 82.0 Å². The number of carboxylic acid groups (broad SMARTS) is 1. The molecule has 0 bridgehead atoms. The monoisotopic (exact) mass is 710 g/mol. The summed E-state index contributed by atoms with van der Waals surface area (Å²) in [6.45, 7) is 6.04. The number of anilines is 1. The number of likely N-dealkylation sites (tertiary alicyclic amines) is 3. The van der Waals surface area contributed by atoms with Crippen molar-refractivity contribution >= 4 is 39.6 Å². The van der Waals surface area contributed by atoms with Crippen LogP contribution in [-0.2, 0) is 17.6 Å². The fourth-order valence-electron chi connectivity index (χ4n) is 8.02. The molecule has 4 aliphatic rings. The number of para-hydroxylation sites is 1. The van der Waals surface area contributed by atoms with Crippen molar-refractivity contribution in [2.75, 3.05) is 44.6 Å². The molecule has 4 aliphatic heterocycles. The highest BCUT2D eigenvalue weighted by Gasteiger charge is 2.44. The number of benzene rings is 2. The van der Waals surface area contributed by atoms with Gasteiger partial charge in [-0.15, -0.1) is 0 Å². The van der Waals surface area contributed by atoms with Gasteiger partial charge in [0.1, 0.15) is 5.75 Å². The Balaban J connectivity index is 1.23. The molecule has 3 fully saturated rings. The first-order valence-corrected chi connectivity index (χ1v) is 17.7. The predicted molar refractivity (Wildman–Crippen MR) is 183 cm³/mol. The normalized spacial score (nSPS) is 24.7. The van der Waals surface area contributed by atoms with Gasteiger partial charge in [0, 0.05) is 68.6 Å². The van der Waals surface area contributed by atoms with Crippen molar-refractivity contribution in [3.8, 4) is 5.75 Å². The van der Waals surface area contributed by atoms with Gasteiger partial charge in [0.05, 0.1) is 10.4 Å². The Bertz CT molecular complexity index is 1470. The van der Waals surface area contributed by atoms with Crippen molar-refractivity contribution in [1.29, 1.82) is 0 Å². The topological polar surface area (TPSA) is 143 Å². The number of halogens is 1. The molecule has 2 aromatic rings. The molecule has 12 heteroatoms. The standard InChI is InChI=1S/C35H47BrN6O5/c1-35(37)12-18-39(19-13-35)25-9-14-40(15-10-25)32(44)27(20-23-6-7-31(43)28(36)21-23)30-22-26(11-17-42(30)34(46)47)41-16-8-24-4-2-3-5-29(24)38-33(41)45/h2-7,21,25-27,30,43H,8-20,22,37H2,1H3,(H,38,45)(H,46,47)/t26?,27?,30-/m1/s1. The fourth-order valence-corrected chi connectivity index (χ4v) is 8.45. The van der Waals surface area contributed by atoms with Gasteiger partial charge in [-0.1, -0.05) is 24.3 Å². The number of urea groups is 1. The Kier molecular flexibility index (Phi) is 10.0. The van der Waals surface area contributed by atoms with Gasteiger partial charge in [-0.25, -0.2) is 9.59 Å². The second-order valence-corrected chi connectivity index (χ2v) is 14.9. The summed E-state index contributed by atoms with van der Waals surface area (Å²) < 4.78 is 0.523. The third kappa shape index (κ3) is 7.54. The van der Waals surface area contributed by atoms with E-state index < -0.39 is 18.1 Å². The van der Waals surface area contributed by atoms with Crippen LogP contribution in [0.5, 0.6) is 5.75 Å². The van der Waals surface area contributed by atoms with Gasteiger partial charge in [-0.2, -0.15) is 0 Å². The van der Waals surface area contributed by atoms with E-state index in [1.54, 1.807) is 18.2 Å². The molecule has 0 spiro atoms.